The summed E-state index contributed by atoms with van der Waals surface area (Å²) in [5.74, 6) is 1.61. The van der Waals surface area contributed by atoms with Crippen molar-refractivity contribution in [1.82, 2.24) is 10.6 Å². The van der Waals surface area contributed by atoms with Crippen LogP contribution in [0.4, 0.5) is 5.69 Å². The highest BCUT2D eigenvalue weighted by atomic mass is 32.2. The van der Waals surface area contributed by atoms with Gasteiger partial charge in [0, 0.05) is 54.2 Å². The molecule has 1 aliphatic carbocycles. The second-order valence-electron chi connectivity index (χ2n) is 7.52. The van der Waals surface area contributed by atoms with Crippen LogP contribution in [-0.4, -0.2) is 47.9 Å². The molecule has 0 bridgehead atoms. The molecule has 0 amide bonds. The van der Waals surface area contributed by atoms with Gasteiger partial charge in [-0.1, -0.05) is 25.5 Å². The van der Waals surface area contributed by atoms with Gasteiger partial charge in [0.15, 0.2) is 5.96 Å². The van der Waals surface area contributed by atoms with Crippen LogP contribution in [-0.2, 0) is 17.3 Å². The molecule has 0 spiro atoms. The third-order valence-corrected chi connectivity index (χ3v) is 6.84. The molecule has 3 atom stereocenters. The molecule has 27 heavy (non-hydrogen) atoms. The van der Waals surface area contributed by atoms with Crippen LogP contribution in [0.15, 0.2) is 23.2 Å². The zero-order chi connectivity index (χ0) is 19.8. The Hall–Kier alpha value is -1.56. The lowest BCUT2D eigenvalue weighted by molar-refractivity contribution is 0.413. The Morgan fingerprint density at radius 1 is 1.30 bits per heavy atom. The summed E-state index contributed by atoms with van der Waals surface area (Å²) in [6, 6.07) is 6.86. The van der Waals surface area contributed by atoms with Gasteiger partial charge in [-0.05, 0) is 50.3 Å². The number of nitrogens with one attached hydrogen (secondary N) is 2. The summed E-state index contributed by atoms with van der Waals surface area (Å²) in [6.45, 7) is 7.69. The van der Waals surface area contributed by atoms with Crippen LogP contribution >= 0.6 is 0 Å². The molecule has 6 heteroatoms. The average molecular weight is 393 g/mol. The first-order chi connectivity index (χ1) is 12.9. The van der Waals surface area contributed by atoms with E-state index in [2.05, 4.69) is 61.7 Å². The summed E-state index contributed by atoms with van der Waals surface area (Å²) >= 11 is 0. The van der Waals surface area contributed by atoms with Crippen LogP contribution in [0.3, 0.4) is 0 Å². The normalized spacial score (nSPS) is 21.6. The van der Waals surface area contributed by atoms with Crippen LogP contribution in [0.2, 0.25) is 0 Å². The Bertz CT molecular complexity index is 660. The van der Waals surface area contributed by atoms with E-state index < -0.39 is 10.8 Å². The number of rotatable bonds is 7. The monoisotopic (exact) mass is 392 g/mol. The number of aryl methyl sites for hydroxylation is 1. The maximum Gasteiger partial charge on any atom is 0.191 e. The van der Waals surface area contributed by atoms with E-state index in [4.69, 9.17) is 4.99 Å². The summed E-state index contributed by atoms with van der Waals surface area (Å²) in [7, 11) is 3.44. The van der Waals surface area contributed by atoms with Crippen molar-refractivity contribution >= 4 is 22.4 Å². The first-order valence-corrected chi connectivity index (χ1v) is 11.5. The predicted molar refractivity (Wildman–Crippen MR) is 118 cm³/mol. The van der Waals surface area contributed by atoms with Crippen molar-refractivity contribution < 1.29 is 4.21 Å². The number of anilines is 1. The minimum Gasteiger partial charge on any atom is -0.377 e. The van der Waals surface area contributed by atoms with Crippen molar-refractivity contribution in [3.8, 4) is 0 Å². The van der Waals surface area contributed by atoms with Gasteiger partial charge in [-0.25, -0.2) is 4.99 Å². The van der Waals surface area contributed by atoms with Crippen molar-refractivity contribution in [1.29, 1.82) is 0 Å². The second-order valence-corrected chi connectivity index (χ2v) is 9.53. The highest BCUT2D eigenvalue weighted by Gasteiger charge is 2.26. The molecular weight excluding hydrogens is 356 g/mol. The van der Waals surface area contributed by atoms with Crippen molar-refractivity contribution in [2.24, 2.45) is 4.99 Å². The first-order valence-electron chi connectivity index (χ1n) is 10.1. The maximum absolute atomic E-state index is 12.2. The van der Waals surface area contributed by atoms with Gasteiger partial charge in [-0.15, -0.1) is 0 Å². The standard InChI is InChI=1S/C21H36N4OS/c1-6-22-21(24-18-9-8-10-19(14-18)27(26)7-2)23-15-17-12-11-16(3)13-20(17)25(4)5/h11-13,18-19H,6-10,14-15H2,1-5H3,(H2,22,23,24). The Kier molecular flexibility index (Phi) is 8.61. The smallest absolute Gasteiger partial charge is 0.191 e. The van der Waals surface area contributed by atoms with Crippen molar-refractivity contribution in [3.05, 3.63) is 29.3 Å². The molecule has 0 heterocycles. The molecule has 0 aliphatic heterocycles. The first kappa shape index (κ1) is 21.7. The zero-order valence-electron chi connectivity index (χ0n) is 17.5. The van der Waals surface area contributed by atoms with E-state index in [0.717, 1.165) is 43.9 Å². The van der Waals surface area contributed by atoms with Gasteiger partial charge in [-0.2, -0.15) is 0 Å². The molecule has 2 rings (SSSR count). The molecule has 1 aromatic carbocycles. The predicted octanol–water partition coefficient (Wildman–Crippen LogP) is 3.20. The van der Waals surface area contributed by atoms with Crippen molar-refractivity contribution in [3.63, 3.8) is 0 Å². The fourth-order valence-electron chi connectivity index (χ4n) is 3.65. The summed E-state index contributed by atoms with van der Waals surface area (Å²) < 4.78 is 12.2. The number of hydrogen-bond acceptors (Lipinski definition) is 3. The SMILES string of the molecule is CCNC(=NCc1ccc(C)cc1N(C)C)NC1CCCC(S(=O)CC)C1. The van der Waals surface area contributed by atoms with Gasteiger partial charge in [0.05, 0.1) is 6.54 Å². The largest absolute Gasteiger partial charge is 0.377 e. The van der Waals surface area contributed by atoms with Gasteiger partial charge in [0.25, 0.3) is 0 Å². The average Bonchev–Trinajstić information content (AvgIpc) is 2.66. The van der Waals surface area contributed by atoms with Gasteiger partial charge in [0.2, 0.25) is 0 Å². The number of benzene rings is 1. The third kappa shape index (κ3) is 6.52. The van der Waals surface area contributed by atoms with E-state index in [-0.39, 0.29) is 0 Å². The quantitative estimate of drug-likeness (QED) is 0.553. The van der Waals surface area contributed by atoms with Gasteiger partial charge < -0.3 is 15.5 Å². The topological polar surface area (TPSA) is 56.7 Å². The molecule has 0 aromatic heterocycles. The molecule has 1 aliphatic rings. The molecule has 0 radical (unpaired) electrons. The van der Waals surface area contributed by atoms with E-state index in [1.807, 2.05) is 6.92 Å². The van der Waals surface area contributed by atoms with Crippen LogP contribution in [0.1, 0.15) is 50.7 Å². The Labute approximate surface area is 167 Å². The fourth-order valence-corrected chi connectivity index (χ4v) is 5.00. The van der Waals surface area contributed by atoms with Crippen LogP contribution in [0, 0.1) is 6.92 Å². The highest BCUT2D eigenvalue weighted by Crippen LogP contribution is 2.23. The number of guanidine groups is 1. The molecule has 0 saturated heterocycles. The van der Waals surface area contributed by atoms with E-state index in [0.29, 0.717) is 17.8 Å². The van der Waals surface area contributed by atoms with E-state index >= 15 is 0 Å². The summed E-state index contributed by atoms with van der Waals surface area (Å²) in [4.78, 5) is 6.98. The lowest BCUT2D eigenvalue weighted by Crippen LogP contribution is -2.46. The van der Waals surface area contributed by atoms with E-state index in [1.165, 1.54) is 16.8 Å². The minimum absolute atomic E-state index is 0.321. The maximum atomic E-state index is 12.2. The lowest BCUT2D eigenvalue weighted by Gasteiger charge is -2.30. The van der Waals surface area contributed by atoms with Crippen LogP contribution in [0.25, 0.3) is 0 Å². The lowest BCUT2D eigenvalue weighted by atomic mass is 9.95. The molecule has 2 N–H and O–H groups in total. The van der Waals surface area contributed by atoms with Crippen LogP contribution in [0.5, 0.6) is 0 Å². The van der Waals surface area contributed by atoms with Gasteiger partial charge >= 0.3 is 0 Å². The number of hydrogen-bond donors (Lipinski definition) is 2. The Balaban J connectivity index is 2.07. The van der Waals surface area contributed by atoms with Gasteiger partial charge in [0.1, 0.15) is 0 Å². The molecule has 5 nitrogen and oxygen atoms in total. The molecule has 1 aromatic rings. The highest BCUT2D eigenvalue weighted by molar-refractivity contribution is 7.85. The molecule has 152 valence electrons. The number of nitrogens with zero attached hydrogens (tertiary/aromatic N) is 2. The Morgan fingerprint density at radius 3 is 2.74 bits per heavy atom. The van der Waals surface area contributed by atoms with Crippen LogP contribution < -0.4 is 15.5 Å². The minimum atomic E-state index is -0.703. The molecule has 1 saturated carbocycles. The summed E-state index contributed by atoms with van der Waals surface area (Å²) in [5.41, 5.74) is 3.69. The Morgan fingerprint density at radius 2 is 2.07 bits per heavy atom. The fraction of sp³-hybridized carbons (Fsp3) is 0.667. The van der Waals surface area contributed by atoms with Gasteiger partial charge in [-0.3, -0.25) is 4.21 Å². The third-order valence-electron chi connectivity index (χ3n) is 5.10. The number of aliphatic imine (C=N–C) groups is 1. The molecule has 3 unspecified atom stereocenters. The summed E-state index contributed by atoms with van der Waals surface area (Å²) in [6.07, 6.45) is 4.31. The van der Waals surface area contributed by atoms with E-state index in [9.17, 15) is 4.21 Å². The zero-order valence-corrected chi connectivity index (χ0v) is 18.4. The van der Waals surface area contributed by atoms with E-state index in [1.54, 1.807) is 0 Å². The van der Waals surface area contributed by atoms with Crippen molar-refractivity contribution in [2.75, 3.05) is 31.3 Å². The van der Waals surface area contributed by atoms with Crippen molar-refractivity contribution in [2.45, 2.75) is 64.3 Å². The molecule has 1 fully saturated rings. The summed E-state index contributed by atoms with van der Waals surface area (Å²) in [5, 5.41) is 7.28. The molecular formula is C21H36N4OS. The second kappa shape index (κ2) is 10.7.